The number of hydrazine groups is 1. The van der Waals surface area contributed by atoms with Crippen molar-refractivity contribution < 1.29 is 50.5 Å². The van der Waals surface area contributed by atoms with E-state index in [-0.39, 0.29) is 34.3 Å². The summed E-state index contributed by atoms with van der Waals surface area (Å²) in [5.74, 6) is -1.76. The first-order chi connectivity index (χ1) is 19.8. The Hall–Kier alpha value is -4.87. The summed E-state index contributed by atoms with van der Waals surface area (Å²) in [6.07, 6.45) is -5.76. The van der Waals surface area contributed by atoms with Gasteiger partial charge >= 0.3 is 12.3 Å². The van der Waals surface area contributed by atoms with Crippen molar-refractivity contribution >= 4 is 22.1 Å². The van der Waals surface area contributed by atoms with Crippen LogP contribution in [0.3, 0.4) is 0 Å². The number of halogens is 3. The third kappa shape index (κ3) is 6.88. The second kappa shape index (κ2) is 11.9. The molecule has 0 aliphatic carbocycles. The van der Waals surface area contributed by atoms with Crippen LogP contribution in [0.25, 0.3) is 16.9 Å². The molecule has 42 heavy (non-hydrogen) atoms. The highest BCUT2D eigenvalue weighted by Crippen LogP contribution is 2.33. The number of carbonyl (C=O) groups is 2. The van der Waals surface area contributed by atoms with Crippen LogP contribution in [0.2, 0.25) is 0 Å². The zero-order valence-electron chi connectivity index (χ0n) is 21.9. The average Bonchev–Trinajstić information content (AvgIpc) is 3.36. The van der Waals surface area contributed by atoms with Crippen LogP contribution in [0, 0.1) is 18.0 Å². The smallest absolute Gasteiger partial charge is 0.510 e. The maximum Gasteiger partial charge on any atom is 0.510 e. The first-order valence-electron chi connectivity index (χ1n) is 12.0. The molecule has 1 amide bonds. The number of hydrogen-bond donors (Lipinski definition) is 1. The van der Waals surface area contributed by atoms with Gasteiger partial charge in [0.25, 0.3) is 16.8 Å². The molecule has 0 spiro atoms. The molecule has 0 unspecified atom stereocenters. The van der Waals surface area contributed by atoms with Gasteiger partial charge in [0.2, 0.25) is 11.2 Å². The molecule has 1 aliphatic heterocycles. The molecule has 0 radical (unpaired) electrons. The number of aryl methyl sites for hydroxylation is 1. The Morgan fingerprint density at radius 3 is 2.38 bits per heavy atom. The summed E-state index contributed by atoms with van der Waals surface area (Å²) < 4.78 is 77.4. The fourth-order valence-corrected chi connectivity index (χ4v) is 4.75. The molecular weight excluding hydrogens is 589 g/mol. The Balaban J connectivity index is 1.42. The number of aromatic nitrogens is 2. The highest BCUT2D eigenvalue weighted by molar-refractivity contribution is 7.90. The third-order valence-corrected chi connectivity index (χ3v) is 7.34. The van der Waals surface area contributed by atoms with Crippen molar-refractivity contribution in [2.45, 2.75) is 18.0 Å². The number of alkyl halides is 3. The lowest BCUT2D eigenvalue weighted by atomic mass is 10.0. The molecule has 0 saturated carbocycles. The van der Waals surface area contributed by atoms with Crippen LogP contribution < -0.4 is 4.72 Å². The second-order valence-electron chi connectivity index (χ2n) is 8.90. The lowest BCUT2D eigenvalue weighted by molar-refractivity contribution is -0.726. The van der Waals surface area contributed by atoms with Gasteiger partial charge in [0.1, 0.15) is 0 Å². The van der Waals surface area contributed by atoms with Gasteiger partial charge in [-0.1, -0.05) is 29.8 Å². The quantitative estimate of drug-likeness (QED) is 0.0947. The van der Waals surface area contributed by atoms with Crippen LogP contribution in [0.4, 0.5) is 18.0 Å². The van der Waals surface area contributed by atoms with E-state index >= 15 is 0 Å². The van der Waals surface area contributed by atoms with Crippen LogP contribution in [-0.2, 0) is 35.3 Å². The number of sulfonamides is 1. The molecule has 224 valence electrons. The monoisotopic (exact) mass is 612 g/mol. The molecular formula is C24H23F3N6O8S. The molecule has 18 heteroatoms. The Bertz CT molecular complexity index is 1590. The van der Waals surface area contributed by atoms with E-state index in [0.29, 0.717) is 5.56 Å². The summed E-state index contributed by atoms with van der Waals surface area (Å²) in [6.45, 7) is 0.768. The average molecular weight is 613 g/mol. The minimum atomic E-state index is -4.71. The molecule has 1 N–H and O–H groups in total. The predicted octanol–water partition coefficient (Wildman–Crippen LogP) is 3.15. The topological polar surface area (TPSA) is 167 Å². The summed E-state index contributed by atoms with van der Waals surface area (Å²) in [5, 5.41) is 19.6. The van der Waals surface area contributed by atoms with E-state index in [4.69, 9.17) is 0 Å². The van der Waals surface area contributed by atoms with Gasteiger partial charge in [-0.15, -0.1) is 5.01 Å². The van der Waals surface area contributed by atoms with Gasteiger partial charge in [0, 0.05) is 5.56 Å². The highest BCUT2D eigenvalue weighted by Gasteiger charge is 2.40. The van der Waals surface area contributed by atoms with E-state index in [1.807, 2.05) is 11.6 Å². The minimum absolute atomic E-state index is 0.00198. The maximum absolute atomic E-state index is 13.4. The van der Waals surface area contributed by atoms with E-state index in [0.717, 1.165) is 40.6 Å². The molecule has 1 fully saturated rings. The first kappa shape index (κ1) is 30.1. The molecule has 2 aromatic carbocycles. The standard InChI is InChI=1S/C24H23F3N6O8S/c1-15-3-5-16(6-4-15)20-11-21(24(25,26)27)28-32(20)18-7-9-19(10-8-18)42(37,38)29-22(34)17-12-31(13-17)33(36)30-41-14-40-23(35)39-2/h3-11,17H,12-14H2,1-2H3,(H,29,34). The van der Waals surface area contributed by atoms with Gasteiger partial charge < -0.3 is 19.5 Å². The molecule has 1 aromatic heterocycles. The molecule has 1 saturated heterocycles. The Kier molecular flexibility index (Phi) is 8.55. The minimum Gasteiger partial charge on any atom is -0.569 e. The summed E-state index contributed by atoms with van der Waals surface area (Å²) in [4.78, 5) is 27.4. The van der Waals surface area contributed by atoms with Crippen LogP contribution >= 0.6 is 0 Å². The van der Waals surface area contributed by atoms with Gasteiger partial charge in [-0.2, -0.15) is 18.3 Å². The van der Waals surface area contributed by atoms with Gasteiger partial charge in [-0.25, -0.2) is 22.6 Å². The van der Waals surface area contributed by atoms with E-state index < -0.39 is 46.7 Å². The molecule has 0 bridgehead atoms. The van der Waals surface area contributed by atoms with Gasteiger partial charge in [-0.05, 0) is 37.3 Å². The Morgan fingerprint density at radius 2 is 1.79 bits per heavy atom. The van der Waals surface area contributed by atoms with Crippen molar-refractivity contribution in [1.29, 1.82) is 0 Å². The lowest BCUT2D eigenvalue weighted by Crippen LogP contribution is -2.56. The number of amides is 1. The zero-order chi connectivity index (χ0) is 30.7. The van der Waals surface area contributed by atoms with Crippen molar-refractivity contribution in [2.24, 2.45) is 11.2 Å². The molecule has 14 nitrogen and oxygen atoms in total. The van der Waals surface area contributed by atoms with Crippen LogP contribution in [0.1, 0.15) is 11.3 Å². The number of hydrogen-bond acceptors (Lipinski definition) is 10. The zero-order valence-corrected chi connectivity index (χ0v) is 22.8. The lowest BCUT2D eigenvalue weighted by Gasteiger charge is -2.32. The summed E-state index contributed by atoms with van der Waals surface area (Å²) in [5.41, 5.74) is 0.541. The van der Waals surface area contributed by atoms with Crippen molar-refractivity contribution in [3.05, 3.63) is 71.1 Å². The largest absolute Gasteiger partial charge is 0.569 e. The molecule has 2 heterocycles. The van der Waals surface area contributed by atoms with E-state index in [2.05, 4.69) is 24.7 Å². The van der Waals surface area contributed by atoms with Gasteiger partial charge in [0.15, 0.2) is 5.69 Å². The highest BCUT2D eigenvalue weighted by atomic mass is 32.2. The fraction of sp³-hybridized carbons (Fsp3) is 0.292. The van der Waals surface area contributed by atoms with Crippen molar-refractivity contribution in [3.63, 3.8) is 0 Å². The van der Waals surface area contributed by atoms with Crippen LogP contribution in [0.5, 0.6) is 0 Å². The number of benzene rings is 2. The summed E-state index contributed by atoms with van der Waals surface area (Å²) in [6, 6.07) is 12.4. The van der Waals surface area contributed by atoms with E-state index in [1.54, 1.807) is 24.3 Å². The number of nitrogens with zero attached hydrogens (tertiary/aromatic N) is 5. The Labute approximate surface area is 236 Å². The molecule has 0 atom stereocenters. The first-order valence-corrected chi connectivity index (χ1v) is 13.4. The fourth-order valence-electron chi connectivity index (χ4n) is 3.71. The number of methoxy groups -OCH3 is 1. The number of ether oxygens (including phenoxy) is 2. The SMILES string of the molecule is COC(=O)OCON=[N+]([O-])N1CC(C(=O)NS(=O)(=O)c2ccc(-n3nc(C(F)(F)F)cc3-c3ccc(C)cc3)cc2)C1. The molecule has 4 rings (SSSR count). The number of carbonyl (C=O) groups excluding carboxylic acids is 2. The van der Waals surface area contributed by atoms with Crippen molar-refractivity contribution in [3.8, 4) is 16.9 Å². The van der Waals surface area contributed by atoms with Crippen LogP contribution in [-0.4, -0.2) is 67.2 Å². The van der Waals surface area contributed by atoms with Gasteiger partial charge in [-0.3, -0.25) is 4.79 Å². The van der Waals surface area contributed by atoms with E-state index in [9.17, 15) is 36.4 Å². The molecule has 1 aliphatic rings. The second-order valence-corrected chi connectivity index (χ2v) is 10.6. The van der Waals surface area contributed by atoms with Crippen molar-refractivity contribution in [1.82, 2.24) is 19.5 Å². The predicted molar refractivity (Wildman–Crippen MR) is 135 cm³/mol. The van der Waals surface area contributed by atoms with Crippen LogP contribution in [0.15, 0.2) is 64.8 Å². The normalized spacial score (nSPS) is 14.2. The maximum atomic E-state index is 13.4. The van der Waals surface area contributed by atoms with E-state index in [1.165, 1.54) is 12.1 Å². The van der Waals surface area contributed by atoms with Gasteiger partial charge in [0.05, 0.1) is 47.4 Å². The molecule has 3 aromatic rings. The summed E-state index contributed by atoms with van der Waals surface area (Å²) in [7, 11) is -3.29. The number of nitrogens with one attached hydrogen (secondary N) is 1. The third-order valence-electron chi connectivity index (χ3n) is 5.97. The van der Waals surface area contributed by atoms with Crippen molar-refractivity contribution in [2.75, 3.05) is 27.0 Å². The summed E-state index contributed by atoms with van der Waals surface area (Å²) >= 11 is 0. The Morgan fingerprint density at radius 1 is 1.14 bits per heavy atom. The number of rotatable bonds is 9.